The number of aliphatic hydroxyl groups is 1. The summed E-state index contributed by atoms with van der Waals surface area (Å²) in [7, 11) is 1.69. The number of rotatable bonds is 7. The van der Waals surface area contributed by atoms with E-state index in [-0.39, 0.29) is 13.2 Å². The van der Waals surface area contributed by atoms with Crippen molar-refractivity contribution in [2.75, 3.05) is 6.61 Å². The number of nitrogens with zero attached hydrogens (tertiary/aromatic N) is 4. The lowest BCUT2D eigenvalue weighted by atomic mass is 10.2. The highest BCUT2D eigenvalue weighted by Crippen LogP contribution is 2.25. The molecule has 1 aromatic carbocycles. The van der Waals surface area contributed by atoms with Crippen LogP contribution in [-0.2, 0) is 20.3 Å². The van der Waals surface area contributed by atoms with Gasteiger partial charge in [-0.2, -0.15) is 4.80 Å². The van der Waals surface area contributed by atoms with Crippen molar-refractivity contribution in [2.24, 2.45) is 7.05 Å². The number of tetrazole rings is 1. The third kappa shape index (κ3) is 3.67. The number of aromatic nitrogens is 4. The molecule has 7 nitrogen and oxygen atoms in total. The second-order valence-corrected chi connectivity index (χ2v) is 4.26. The van der Waals surface area contributed by atoms with Crippen LogP contribution in [-0.4, -0.2) is 31.9 Å². The first-order chi connectivity index (χ1) is 9.72. The lowest BCUT2D eigenvalue weighted by molar-refractivity contribution is 0.253. The van der Waals surface area contributed by atoms with Crippen molar-refractivity contribution < 1.29 is 14.6 Å². The van der Waals surface area contributed by atoms with Crippen molar-refractivity contribution in [1.29, 1.82) is 0 Å². The van der Waals surface area contributed by atoms with Crippen LogP contribution in [0.2, 0.25) is 0 Å². The molecule has 0 spiro atoms. The Bertz CT molecular complexity index is 556. The average Bonchev–Trinajstić information content (AvgIpc) is 2.88. The highest BCUT2D eigenvalue weighted by Gasteiger charge is 2.08. The lowest BCUT2D eigenvalue weighted by Gasteiger charge is -2.11. The minimum Gasteiger partial charge on any atom is -0.493 e. The molecule has 0 aliphatic heterocycles. The molecular weight excluding hydrogens is 260 g/mol. The number of benzene rings is 1. The second-order valence-electron chi connectivity index (χ2n) is 4.26. The van der Waals surface area contributed by atoms with Gasteiger partial charge in [-0.25, -0.2) is 0 Å². The zero-order chi connectivity index (χ0) is 14.4. The molecule has 1 aromatic heterocycles. The Balaban J connectivity index is 2.07. The summed E-state index contributed by atoms with van der Waals surface area (Å²) in [5, 5.41) is 20.9. The van der Waals surface area contributed by atoms with E-state index in [1.54, 1.807) is 19.2 Å². The van der Waals surface area contributed by atoms with Crippen LogP contribution in [0, 0.1) is 0 Å². The molecule has 0 saturated heterocycles. The summed E-state index contributed by atoms with van der Waals surface area (Å²) >= 11 is 0. The smallest absolute Gasteiger partial charge is 0.212 e. The fourth-order valence-corrected chi connectivity index (χ4v) is 1.63. The number of hydrogen-bond acceptors (Lipinski definition) is 6. The minimum atomic E-state index is -0.0999. The SMILES string of the molecule is CCCOc1ccc(CO)c(OCc2nnn(C)n2)c1. The van der Waals surface area contributed by atoms with Crippen LogP contribution in [0.5, 0.6) is 11.5 Å². The monoisotopic (exact) mass is 278 g/mol. The normalized spacial score (nSPS) is 10.6. The van der Waals surface area contributed by atoms with Crippen LogP contribution in [0.25, 0.3) is 0 Å². The summed E-state index contributed by atoms with van der Waals surface area (Å²) in [4.78, 5) is 1.37. The molecule has 0 fully saturated rings. The van der Waals surface area contributed by atoms with Crippen molar-refractivity contribution in [2.45, 2.75) is 26.6 Å². The Hall–Kier alpha value is -2.15. The Morgan fingerprint density at radius 2 is 2.15 bits per heavy atom. The maximum atomic E-state index is 9.32. The fourth-order valence-electron chi connectivity index (χ4n) is 1.63. The molecule has 0 atom stereocenters. The molecule has 2 aromatic rings. The van der Waals surface area contributed by atoms with E-state index in [4.69, 9.17) is 9.47 Å². The summed E-state index contributed by atoms with van der Waals surface area (Å²) in [5.74, 6) is 1.76. The molecule has 0 saturated carbocycles. The van der Waals surface area contributed by atoms with E-state index >= 15 is 0 Å². The molecule has 1 heterocycles. The number of aryl methyl sites for hydroxylation is 1. The summed E-state index contributed by atoms with van der Waals surface area (Å²) in [6, 6.07) is 5.36. The largest absolute Gasteiger partial charge is 0.493 e. The molecule has 1 N–H and O–H groups in total. The van der Waals surface area contributed by atoms with Gasteiger partial charge >= 0.3 is 0 Å². The first-order valence-electron chi connectivity index (χ1n) is 6.45. The van der Waals surface area contributed by atoms with Crippen molar-refractivity contribution >= 4 is 0 Å². The van der Waals surface area contributed by atoms with Gasteiger partial charge in [0.05, 0.1) is 20.3 Å². The third-order valence-corrected chi connectivity index (χ3v) is 2.59. The van der Waals surface area contributed by atoms with Gasteiger partial charge in [-0.3, -0.25) is 0 Å². The maximum Gasteiger partial charge on any atom is 0.212 e. The van der Waals surface area contributed by atoms with Gasteiger partial charge in [0.25, 0.3) is 0 Å². The average molecular weight is 278 g/mol. The van der Waals surface area contributed by atoms with Gasteiger partial charge < -0.3 is 14.6 Å². The summed E-state index contributed by atoms with van der Waals surface area (Å²) in [6.45, 7) is 2.78. The van der Waals surface area contributed by atoms with E-state index in [1.165, 1.54) is 4.80 Å². The molecule has 0 aliphatic rings. The number of hydrogen-bond donors (Lipinski definition) is 1. The van der Waals surface area contributed by atoms with E-state index in [2.05, 4.69) is 15.4 Å². The molecule has 0 aliphatic carbocycles. The highest BCUT2D eigenvalue weighted by molar-refractivity contribution is 5.40. The van der Waals surface area contributed by atoms with Gasteiger partial charge in [0.15, 0.2) is 6.61 Å². The zero-order valence-corrected chi connectivity index (χ0v) is 11.6. The third-order valence-electron chi connectivity index (χ3n) is 2.59. The molecule has 0 amide bonds. The molecule has 20 heavy (non-hydrogen) atoms. The predicted molar refractivity (Wildman–Crippen MR) is 71.3 cm³/mol. The summed E-state index contributed by atoms with van der Waals surface area (Å²) in [5.41, 5.74) is 0.692. The van der Waals surface area contributed by atoms with Gasteiger partial charge in [0.2, 0.25) is 5.82 Å². The van der Waals surface area contributed by atoms with Crippen LogP contribution in [0.4, 0.5) is 0 Å². The second kappa shape index (κ2) is 6.85. The molecule has 7 heteroatoms. The molecule has 108 valence electrons. The lowest BCUT2D eigenvalue weighted by Crippen LogP contribution is -2.02. The van der Waals surface area contributed by atoms with Crippen LogP contribution in [0.3, 0.4) is 0 Å². The van der Waals surface area contributed by atoms with E-state index in [0.29, 0.717) is 29.5 Å². The van der Waals surface area contributed by atoms with E-state index < -0.39 is 0 Å². The van der Waals surface area contributed by atoms with Crippen LogP contribution >= 0.6 is 0 Å². The standard InChI is InChI=1S/C13H18N4O3/c1-3-6-19-11-5-4-10(8-18)12(7-11)20-9-13-14-16-17(2)15-13/h4-5,7,18H,3,6,8-9H2,1-2H3. The van der Waals surface area contributed by atoms with Crippen molar-refractivity contribution in [3.05, 3.63) is 29.6 Å². The first kappa shape index (κ1) is 14.3. The Kier molecular flexibility index (Phi) is 4.89. The van der Waals surface area contributed by atoms with Gasteiger partial charge in [-0.1, -0.05) is 6.92 Å². The first-order valence-corrected chi connectivity index (χ1v) is 6.45. The number of aliphatic hydroxyl groups excluding tert-OH is 1. The predicted octanol–water partition coefficient (Wildman–Crippen LogP) is 1.07. The zero-order valence-electron chi connectivity index (χ0n) is 11.6. The Morgan fingerprint density at radius 3 is 2.80 bits per heavy atom. The van der Waals surface area contributed by atoms with Gasteiger partial charge in [-0.15, -0.1) is 10.2 Å². The topological polar surface area (TPSA) is 82.3 Å². The van der Waals surface area contributed by atoms with Crippen molar-refractivity contribution in [3.8, 4) is 11.5 Å². The molecule has 2 rings (SSSR count). The van der Waals surface area contributed by atoms with E-state index in [1.807, 2.05) is 13.0 Å². The van der Waals surface area contributed by atoms with Gasteiger partial charge in [0.1, 0.15) is 11.5 Å². The quantitative estimate of drug-likeness (QED) is 0.815. The van der Waals surface area contributed by atoms with Crippen LogP contribution in [0.1, 0.15) is 24.7 Å². The molecular formula is C13H18N4O3. The maximum absolute atomic E-state index is 9.32. The van der Waals surface area contributed by atoms with E-state index in [9.17, 15) is 5.11 Å². The molecule has 0 unspecified atom stereocenters. The minimum absolute atomic E-state index is 0.0999. The highest BCUT2D eigenvalue weighted by atomic mass is 16.5. The summed E-state index contributed by atoms with van der Waals surface area (Å²) < 4.78 is 11.2. The van der Waals surface area contributed by atoms with Crippen molar-refractivity contribution in [1.82, 2.24) is 20.2 Å². The number of ether oxygens (including phenoxy) is 2. The van der Waals surface area contributed by atoms with Crippen molar-refractivity contribution in [3.63, 3.8) is 0 Å². The molecule has 0 radical (unpaired) electrons. The van der Waals surface area contributed by atoms with Crippen LogP contribution in [0.15, 0.2) is 18.2 Å². The van der Waals surface area contributed by atoms with Crippen LogP contribution < -0.4 is 9.47 Å². The van der Waals surface area contributed by atoms with E-state index in [0.717, 1.165) is 6.42 Å². The summed E-state index contributed by atoms with van der Waals surface area (Å²) in [6.07, 6.45) is 0.932. The fraction of sp³-hybridized carbons (Fsp3) is 0.462. The Labute approximate surface area is 117 Å². The van der Waals surface area contributed by atoms with Gasteiger partial charge in [-0.05, 0) is 23.8 Å². The molecule has 0 bridgehead atoms. The Morgan fingerprint density at radius 1 is 1.30 bits per heavy atom. The van der Waals surface area contributed by atoms with Gasteiger partial charge in [0, 0.05) is 11.6 Å².